The first kappa shape index (κ1) is 21.9. The van der Waals surface area contributed by atoms with Gasteiger partial charge in [-0.2, -0.15) is 5.26 Å². The van der Waals surface area contributed by atoms with Gasteiger partial charge in [0.15, 0.2) is 0 Å². The van der Waals surface area contributed by atoms with Crippen molar-refractivity contribution in [2.24, 2.45) is 0 Å². The van der Waals surface area contributed by atoms with Crippen LogP contribution < -0.4 is 10.1 Å². The number of amides is 1. The number of aromatic nitrogens is 1. The number of ether oxygens (including phenoxy) is 1. The van der Waals surface area contributed by atoms with E-state index in [1.54, 1.807) is 36.4 Å². The van der Waals surface area contributed by atoms with E-state index in [-0.39, 0.29) is 5.57 Å². The summed E-state index contributed by atoms with van der Waals surface area (Å²) in [5.74, 6) is 0.287. The van der Waals surface area contributed by atoms with Crippen molar-refractivity contribution < 1.29 is 9.53 Å². The van der Waals surface area contributed by atoms with E-state index in [9.17, 15) is 10.1 Å². The number of carbonyl (C=O) groups excluding carboxylic acids is 1. The first-order valence-electron chi connectivity index (χ1n) is 9.64. The Morgan fingerprint density at radius 1 is 1.19 bits per heavy atom. The summed E-state index contributed by atoms with van der Waals surface area (Å²) in [6, 6.07) is 18.4. The Hall–Kier alpha value is -3.75. The largest absolute Gasteiger partial charge is 0.490 e. The SMILES string of the molecule is C=CCOc1ccc(-n2c(C)cc(/C=C(/C#N)C(=O)Nc3ccc(Cl)cc3)c2C)cc1. The molecule has 0 aliphatic rings. The van der Waals surface area contributed by atoms with Gasteiger partial charge in [0.1, 0.15) is 24.0 Å². The number of carbonyl (C=O) groups is 1. The van der Waals surface area contributed by atoms with Crippen LogP contribution in [0.2, 0.25) is 5.02 Å². The van der Waals surface area contributed by atoms with Gasteiger partial charge in [-0.15, -0.1) is 0 Å². The van der Waals surface area contributed by atoms with Crippen LogP contribution in [0.15, 0.2) is 72.8 Å². The highest BCUT2D eigenvalue weighted by Gasteiger charge is 2.14. The topological polar surface area (TPSA) is 67.0 Å². The summed E-state index contributed by atoms with van der Waals surface area (Å²) in [4.78, 5) is 12.6. The molecule has 0 unspecified atom stereocenters. The number of aryl methyl sites for hydroxylation is 1. The number of rotatable bonds is 7. The number of nitriles is 1. The molecule has 156 valence electrons. The lowest BCUT2D eigenvalue weighted by atomic mass is 10.1. The van der Waals surface area contributed by atoms with E-state index in [0.29, 0.717) is 17.3 Å². The Kier molecular flexibility index (Phi) is 6.96. The van der Waals surface area contributed by atoms with Crippen molar-refractivity contribution in [3.05, 3.63) is 94.8 Å². The molecule has 5 nitrogen and oxygen atoms in total. The summed E-state index contributed by atoms with van der Waals surface area (Å²) in [7, 11) is 0. The first-order valence-corrected chi connectivity index (χ1v) is 10.0. The van der Waals surface area contributed by atoms with Crippen molar-refractivity contribution in [3.63, 3.8) is 0 Å². The highest BCUT2D eigenvalue weighted by Crippen LogP contribution is 2.25. The molecule has 0 atom stereocenters. The van der Waals surface area contributed by atoms with E-state index in [1.807, 2.05) is 50.2 Å². The zero-order valence-electron chi connectivity index (χ0n) is 17.4. The average Bonchev–Trinajstić information content (AvgIpc) is 3.05. The summed E-state index contributed by atoms with van der Waals surface area (Å²) in [6.07, 6.45) is 3.30. The predicted octanol–water partition coefficient (Wildman–Crippen LogP) is 5.86. The molecule has 0 saturated heterocycles. The van der Waals surface area contributed by atoms with Crippen LogP contribution in [0.25, 0.3) is 11.8 Å². The van der Waals surface area contributed by atoms with Crippen molar-refractivity contribution in [2.45, 2.75) is 13.8 Å². The van der Waals surface area contributed by atoms with Gasteiger partial charge in [0.25, 0.3) is 5.91 Å². The first-order chi connectivity index (χ1) is 14.9. The van der Waals surface area contributed by atoms with Crippen LogP contribution in [0.3, 0.4) is 0 Å². The van der Waals surface area contributed by atoms with Gasteiger partial charge >= 0.3 is 0 Å². The number of nitrogens with one attached hydrogen (secondary N) is 1. The van der Waals surface area contributed by atoms with E-state index in [2.05, 4.69) is 16.5 Å². The lowest BCUT2D eigenvalue weighted by Gasteiger charge is -2.11. The molecule has 3 aromatic rings. The second-order valence-electron chi connectivity index (χ2n) is 6.89. The summed E-state index contributed by atoms with van der Waals surface area (Å²) in [5, 5.41) is 12.8. The number of anilines is 1. The Morgan fingerprint density at radius 3 is 2.48 bits per heavy atom. The summed E-state index contributed by atoms with van der Waals surface area (Å²) < 4.78 is 7.60. The molecule has 0 fully saturated rings. The third-order valence-corrected chi connectivity index (χ3v) is 4.95. The third kappa shape index (κ3) is 5.25. The lowest BCUT2D eigenvalue weighted by Crippen LogP contribution is -2.13. The monoisotopic (exact) mass is 431 g/mol. The minimum absolute atomic E-state index is 0.0170. The second kappa shape index (κ2) is 9.84. The molecule has 0 saturated carbocycles. The van der Waals surface area contributed by atoms with Gasteiger partial charge in [-0.3, -0.25) is 4.79 Å². The van der Waals surface area contributed by atoms with Crippen LogP contribution in [0.1, 0.15) is 17.0 Å². The molecular formula is C25H22ClN3O2. The van der Waals surface area contributed by atoms with Crippen LogP contribution in [0, 0.1) is 25.2 Å². The molecule has 1 heterocycles. The molecule has 1 aromatic heterocycles. The second-order valence-corrected chi connectivity index (χ2v) is 7.32. The highest BCUT2D eigenvalue weighted by molar-refractivity contribution is 6.30. The van der Waals surface area contributed by atoms with Crippen LogP contribution in [-0.4, -0.2) is 17.1 Å². The van der Waals surface area contributed by atoms with E-state index < -0.39 is 5.91 Å². The van der Waals surface area contributed by atoms with Crippen LogP contribution in [0.5, 0.6) is 5.75 Å². The maximum Gasteiger partial charge on any atom is 0.266 e. The molecule has 1 N–H and O–H groups in total. The normalized spacial score (nSPS) is 11.0. The molecule has 0 spiro atoms. The van der Waals surface area contributed by atoms with E-state index in [0.717, 1.165) is 28.4 Å². The quantitative estimate of drug-likeness (QED) is 0.289. The molecule has 31 heavy (non-hydrogen) atoms. The van der Waals surface area contributed by atoms with Crippen molar-refractivity contribution >= 4 is 29.3 Å². The minimum Gasteiger partial charge on any atom is -0.490 e. The molecular weight excluding hydrogens is 410 g/mol. The fourth-order valence-corrected chi connectivity index (χ4v) is 3.34. The van der Waals surface area contributed by atoms with E-state index in [4.69, 9.17) is 16.3 Å². The molecule has 2 aromatic carbocycles. The minimum atomic E-state index is -0.474. The molecule has 1 amide bonds. The van der Waals surface area contributed by atoms with Gasteiger partial charge < -0.3 is 14.6 Å². The van der Waals surface area contributed by atoms with Gasteiger partial charge in [0.2, 0.25) is 0 Å². The standard InChI is InChI=1S/C25H22ClN3O2/c1-4-13-31-24-11-9-23(10-12-24)29-17(2)14-19(18(29)3)15-20(16-27)25(30)28-22-7-5-21(26)6-8-22/h4-12,14-15H,1,13H2,2-3H3,(H,28,30)/b20-15-. The van der Waals surface area contributed by atoms with Gasteiger partial charge in [-0.1, -0.05) is 24.3 Å². The van der Waals surface area contributed by atoms with Gasteiger partial charge in [0.05, 0.1) is 0 Å². The van der Waals surface area contributed by atoms with Crippen molar-refractivity contribution in [3.8, 4) is 17.5 Å². The summed E-state index contributed by atoms with van der Waals surface area (Å²) >= 11 is 5.87. The summed E-state index contributed by atoms with van der Waals surface area (Å²) in [5.41, 5.74) is 4.25. The van der Waals surface area contributed by atoms with E-state index >= 15 is 0 Å². The number of benzene rings is 2. The fourth-order valence-electron chi connectivity index (χ4n) is 3.21. The zero-order chi connectivity index (χ0) is 22.4. The van der Waals surface area contributed by atoms with E-state index in [1.165, 1.54) is 0 Å². The number of halogens is 1. The predicted molar refractivity (Wildman–Crippen MR) is 125 cm³/mol. The highest BCUT2D eigenvalue weighted by atomic mass is 35.5. The Labute approximate surface area is 186 Å². The lowest BCUT2D eigenvalue weighted by molar-refractivity contribution is -0.112. The molecule has 0 aliphatic carbocycles. The van der Waals surface area contributed by atoms with Crippen molar-refractivity contribution in [1.29, 1.82) is 5.26 Å². The maximum absolute atomic E-state index is 12.6. The molecule has 3 rings (SSSR count). The van der Waals surface area contributed by atoms with Crippen molar-refractivity contribution in [2.75, 3.05) is 11.9 Å². The summed E-state index contributed by atoms with van der Waals surface area (Å²) in [6.45, 7) is 8.02. The molecule has 0 aliphatic heterocycles. The van der Waals surface area contributed by atoms with Crippen LogP contribution in [-0.2, 0) is 4.79 Å². The zero-order valence-corrected chi connectivity index (χ0v) is 18.1. The number of hydrogen-bond acceptors (Lipinski definition) is 3. The fraction of sp³-hybridized carbons (Fsp3) is 0.120. The average molecular weight is 432 g/mol. The maximum atomic E-state index is 12.6. The Morgan fingerprint density at radius 2 is 1.87 bits per heavy atom. The third-order valence-electron chi connectivity index (χ3n) is 4.70. The van der Waals surface area contributed by atoms with Gasteiger partial charge in [0, 0.05) is 27.8 Å². The van der Waals surface area contributed by atoms with Crippen LogP contribution in [0.4, 0.5) is 5.69 Å². The van der Waals surface area contributed by atoms with Gasteiger partial charge in [-0.05, 0) is 80.1 Å². The smallest absolute Gasteiger partial charge is 0.266 e. The van der Waals surface area contributed by atoms with Gasteiger partial charge in [-0.25, -0.2) is 0 Å². The number of nitrogens with zero attached hydrogens (tertiary/aromatic N) is 2. The molecule has 6 heteroatoms. The van der Waals surface area contributed by atoms with Crippen LogP contribution >= 0.6 is 11.6 Å². The Bertz CT molecular complexity index is 1170. The molecule has 0 bridgehead atoms. The van der Waals surface area contributed by atoms with Crippen molar-refractivity contribution in [1.82, 2.24) is 4.57 Å². The number of hydrogen-bond donors (Lipinski definition) is 1. The molecule has 0 radical (unpaired) electrons. The Balaban J connectivity index is 1.86.